The van der Waals surface area contributed by atoms with Crippen molar-refractivity contribution in [2.45, 2.75) is 25.4 Å². The fourth-order valence-electron chi connectivity index (χ4n) is 3.89. The number of nitrogens with zero attached hydrogens (tertiary/aromatic N) is 1. The Morgan fingerprint density at radius 3 is 1.81 bits per heavy atom. The largest absolute Gasteiger partial charge is 0.492 e. The molecule has 0 spiro atoms. The maximum Gasteiger partial charge on any atom is 0.309 e. The lowest BCUT2D eigenvalue weighted by molar-refractivity contribution is -0.232. The predicted molar refractivity (Wildman–Crippen MR) is 98.2 cm³/mol. The van der Waals surface area contributed by atoms with Crippen LogP contribution in [0.25, 0.3) is 16.7 Å². The molecule has 1 aromatic carbocycles. The Morgan fingerprint density at radius 1 is 0.806 bits per heavy atom. The number of benzene rings is 1. The minimum absolute atomic E-state index is 0.731. The molecule has 1 aliphatic carbocycles. The summed E-state index contributed by atoms with van der Waals surface area (Å²) in [6.45, 7) is 2.34. The van der Waals surface area contributed by atoms with Crippen LogP contribution in [-0.2, 0) is 15.1 Å². The molecule has 11 heteroatoms. The van der Waals surface area contributed by atoms with Crippen molar-refractivity contribution in [3.63, 3.8) is 0 Å². The summed E-state index contributed by atoms with van der Waals surface area (Å²) in [6, 6.07) is 0. The standard InChI is InChI=1S/C20H19F6NO4/c1-7(2)19(25)9-10(21)8-11(22)16(28-3)17(29-4)12(23)14(8)27-15(9)13(24)18(30-5)20(19,26)31-6/h7H,1-6H3. The number of halogens is 6. The zero-order valence-electron chi connectivity index (χ0n) is 17.4. The molecular weight excluding hydrogens is 432 g/mol. The van der Waals surface area contributed by atoms with E-state index in [1.165, 1.54) is 13.8 Å². The Bertz CT molecular complexity index is 1110. The van der Waals surface area contributed by atoms with Gasteiger partial charge in [-0.05, 0) is 5.92 Å². The average Bonchev–Trinajstić information content (AvgIpc) is 2.73. The number of pyridine rings is 1. The van der Waals surface area contributed by atoms with Gasteiger partial charge in [-0.25, -0.2) is 26.9 Å². The zero-order chi connectivity index (χ0) is 23.5. The quantitative estimate of drug-likeness (QED) is 0.592. The molecule has 2 unspecified atom stereocenters. The highest BCUT2D eigenvalue weighted by molar-refractivity contribution is 5.88. The van der Waals surface area contributed by atoms with Gasteiger partial charge in [0, 0.05) is 7.11 Å². The van der Waals surface area contributed by atoms with Gasteiger partial charge in [-0.1, -0.05) is 13.8 Å². The SMILES string of the molecule is COC1=C(F)c2nc3c(F)c(OC)c(OC)c(F)c3c(F)c2C(F)(C(C)C)C1(F)OC. The van der Waals surface area contributed by atoms with Crippen molar-refractivity contribution >= 4 is 16.7 Å². The number of alkyl halides is 2. The molecule has 170 valence electrons. The maximum absolute atomic E-state index is 16.4. The minimum Gasteiger partial charge on any atom is -0.492 e. The molecule has 2 atom stereocenters. The van der Waals surface area contributed by atoms with E-state index in [2.05, 4.69) is 14.5 Å². The highest BCUT2D eigenvalue weighted by atomic mass is 19.2. The summed E-state index contributed by atoms with van der Waals surface area (Å²) in [7, 11) is 3.54. The third-order valence-electron chi connectivity index (χ3n) is 5.39. The molecule has 0 aliphatic heterocycles. The highest BCUT2D eigenvalue weighted by Gasteiger charge is 2.67. The molecule has 5 nitrogen and oxygen atoms in total. The van der Waals surface area contributed by atoms with Crippen LogP contribution in [0.4, 0.5) is 26.3 Å². The van der Waals surface area contributed by atoms with Gasteiger partial charge in [-0.15, -0.1) is 0 Å². The maximum atomic E-state index is 16.4. The number of hydrogen-bond donors (Lipinski definition) is 0. The fraction of sp³-hybridized carbons (Fsp3) is 0.450. The van der Waals surface area contributed by atoms with Crippen LogP contribution >= 0.6 is 0 Å². The van der Waals surface area contributed by atoms with Gasteiger partial charge >= 0.3 is 5.85 Å². The predicted octanol–water partition coefficient (Wildman–Crippen LogP) is 5.10. The smallest absolute Gasteiger partial charge is 0.309 e. The number of rotatable bonds is 5. The molecular formula is C20H19F6NO4. The molecule has 0 N–H and O–H groups in total. The molecule has 3 rings (SSSR count). The van der Waals surface area contributed by atoms with E-state index in [1.807, 2.05) is 0 Å². The van der Waals surface area contributed by atoms with E-state index in [0.29, 0.717) is 0 Å². The van der Waals surface area contributed by atoms with Gasteiger partial charge in [0.15, 0.2) is 17.5 Å². The Morgan fingerprint density at radius 2 is 1.35 bits per heavy atom. The third-order valence-corrected chi connectivity index (χ3v) is 5.39. The average molecular weight is 451 g/mol. The van der Waals surface area contributed by atoms with Crippen molar-refractivity contribution in [1.29, 1.82) is 0 Å². The summed E-state index contributed by atoms with van der Waals surface area (Å²) in [5.41, 5.74) is -6.80. The van der Waals surface area contributed by atoms with Crippen LogP contribution in [0, 0.1) is 23.4 Å². The topological polar surface area (TPSA) is 49.8 Å². The number of ether oxygens (including phenoxy) is 4. The van der Waals surface area contributed by atoms with Crippen LogP contribution < -0.4 is 9.47 Å². The summed E-state index contributed by atoms with van der Waals surface area (Å²) in [5, 5.41) is -1.16. The summed E-state index contributed by atoms with van der Waals surface area (Å²) in [6.07, 6.45) is 0. The summed E-state index contributed by atoms with van der Waals surface area (Å²) in [5.74, 6) is -14.1. The van der Waals surface area contributed by atoms with E-state index >= 15 is 22.0 Å². The van der Waals surface area contributed by atoms with E-state index in [9.17, 15) is 4.39 Å². The second-order valence-electron chi connectivity index (χ2n) is 7.08. The summed E-state index contributed by atoms with van der Waals surface area (Å²) in [4.78, 5) is 3.61. The number of methoxy groups -OCH3 is 4. The molecule has 1 aromatic heterocycles. The van der Waals surface area contributed by atoms with Gasteiger partial charge in [0.2, 0.25) is 22.9 Å². The molecule has 1 heterocycles. The Balaban J connectivity index is 2.65. The monoisotopic (exact) mass is 451 g/mol. The molecule has 0 radical (unpaired) electrons. The van der Waals surface area contributed by atoms with E-state index in [0.717, 1.165) is 28.4 Å². The van der Waals surface area contributed by atoms with E-state index in [1.54, 1.807) is 0 Å². The van der Waals surface area contributed by atoms with Gasteiger partial charge in [-0.2, -0.15) is 4.39 Å². The third kappa shape index (κ3) is 2.65. The molecule has 0 saturated carbocycles. The molecule has 0 fully saturated rings. The Kier molecular flexibility index (Phi) is 5.54. The fourth-order valence-corrected chi connectivity index (χ4v) is 3.89. The normalized spacial score (nSPS) is 23.4. The molecule has 2 aromatic rings. The van der Waals surface area contributed by atoms with Gasteiger partial charge in [-0.3, -0.25) is 0 Å². The Hall–Kier alpha value is -2.69. The van der Waals surface area contributed by atoms with Crippen LogP contribution in [-0.4, -0.2) is 39.3 Å². The van der Waals surface area contributed by atoms with Crippen LogP contribution in [0.15, 0.2) is 5.76 Å². The molecule has 0 saturated heterocycles. The molecule has 0 bridgehead atoms. The minimum atomic E-state index is -3.63. The lowest BCUT2D eigenvalue weighted by Crippen LogP contribution is -2.55. The molecule has 1 aliphatic rings. The number of aromatic nitrogens is 1. The van der Waals surface area contributed by atoms with Gasteiger partial charge < -0.3 is 18.9 Å². The molecule has 0 amide bonds. The first kappa shape index (κ1) is 23.0. The van der Waals surface area contributed by atoms with Crippen LogP contribution in [0.1, 0.15) is 25.1 Å². The second kappa shape index (κ2) is 7.47. The highest BCUT2D eigenvalue weighted by Crippen LogP contribution is 2.58. The molecule has 31 heavy (non-hydrogen) atoms. The van der Waals surface area contributed by atoms with Crippen molar-refractivity contribution in [1.82, 2.24) is 4.98 Å². The Labute approximate surface area is 173 Å². The summed E-state index contributed by atoms with van der Waals surface area (Å²) < 4.78 is 112. The first-order valence-electron chi connectivity index (χ1n) is 8.97. The first-order chi connectivity index (χ1) is 14.5. The van der Waals surface area contributed by atoms with Crippen molar-refractivity contribution in [2.24, 2.45) is 5.92 Å². The van der Waals surface area contributed by atoms with Crippen molar-refractivity contribution in [3.05, 3.63) is 34.5 Å². The van der Waals surface area contributed by atoms with E-state index in [-0.39, 0.29) is 0 Å². The van der Waals surface area contributed by atoms with Crippen molar-refractivity contribution in [2.75, 3.05) is 28.4 Å². The summed E-state index contributed by atoms with van der Waals surface area (Å²) >= 11 is 0. The zero-order valence-corrected chi connectivity index (χ0v) is 17.4. The van der Waals surface area contributed by atoms with Gasteiger partial charge in [0.1, 0.15) is 17.0 Å². The van der Waals surface area contributed by atoms with Gasteiger partial charge in [0.25, 0.3) is 0 Å². The van der Waals surface area contributed by atoms with Crippen LogP contribution in [0.2, 0.25) is 0 Å². The first-order valence-corrected chi connectivity index (χ1v) is 8.97. The lowest BCUT2D eigenvalue weighted by Gasteiger charge is -2.44. The second-order valence-corrected chi connectivity index (χ2v) is 7.08. The number of hydrogen-bond acceptors (Lipinski definition) is 5. The van der Waals surface area contributed by atoms with E-state index in [4.69, 9.17) is 9.47 Å². The van der Waals surface area contributed by atoms with Crippen molar-refractivity contribution in [3.8, 4) is 11.5 Å². The number of fused-ring (bicyclic) bond motifs is 2. The van der Waals surface area contributed by atoms with Gasteiger partial charge in [0.05, 0.1) is 32.3 Å². The van der Waals surface area contributed by atoms with Crippen LogP contribution in [0.3, 0.4) is 0 Å². The lowest BCUT2D eigenvalue weighted by atomic mass is 9.73. The van der Waals surface area contributed by atoms with Crippen LogP contribution in [0.5, 0.6) is 11.5 Å². The van der Waals surface area contributed by atoms with E-state index < -0.39 is 80.1 Å². The van der Waals surface area contributed by atoms with Crippen molar-refractivity contribution < 1.29 is 45.3 Å².